The number of nitrogens with zero attached hydrogens (tertiary/aromatic N) is 1. The maximum Gasteiger partial charge on any atom is 0.251 e. The highest BCUT2D eigenvalue weighted by Gasteiger charge is 2.25. The summed E-state index contributed by atoms with van der Waals surface area (Å²) in [6.45, 7) is 1.59. The van der Waals surface area contributed by atoms with Gasteiger partial charge in [-0.05, 0) is 26.4 Å². The molecule has 1 aliphatic heterocycles. The molecular weight excluding hydrogens is 162 g/mol. The van der Waals surface area contributed by atoms with Gasteiger partial charge in [-0.3, -0.25) is 4.90 Å². The van der Waals surface area contributed by atoms with Crippen molar-refractivity contribution in [2.24, 2.45) is 0 Å². The molecule has 1 atom stereocenters. The molecule has 4 heteroatoms. The third-order valence-electron chi connectivity index (χ3n) is 2.31. The molecule has 0 radical (unpaired) electrons. The van der Waals surface area contributed by atoms with E-state index >= 15 is 0 Å². The lowest BCUT2D eigenvalue weighted by molar-refractivity contribution is 0.0824. The van der Waals surface area contributed by atoms with Gasteiger partial charge >= 0.3 is 0 Å². The van der Waals surface area contributed by atoms with Crippen LogP contribution in [0.15, 0.2) is 0 Å². The Kier molecular flexibility index (Phi) is 3.88. The summed E-state index contributed by atoms with van der Waals surface area (Å²) in [5, 5.41) is 3.03. The van der Waals surface area contributed by atoms with Crippen molar-refractivity contribution in [1.29, 1.82) is 0 Å². The highest BCUT2D eigenvalue weighted by Crippen LogP contribution is 2.17. The van der Waals surface area contributed by atoms with Crippen LogP contribution < -0.4 is 5.32 Å². The summed E-state index contributed by atoms with van der Waals surface area (Å²) in [5.74, 6) is 0. The van der Waals surface area contributed by atoms with E-state index in [2.05, 4.69) is 5.32 Å². The monoisotopic (exact) mass is 178 g/mol. The molecular formula is C8H16F2N2. The van der Waals surface area contributed by atoms with Crippen LogP contribution in [0.3, 0.4) is 0 Å². The van der Waals surface area contributed by atoms with Gasteiger partial charge in [-0.15, -0.1) is 0 Å². The number of likely N-dealkylation sites (tertiary alicyclic amines) is 1. The van der Waals surface area contributed by atoms with E-state index in [1.807, 2.05) is 11.9 Å². The summed E-state index contributed by atoms with van der Waals surface area (Å²) in [7, 11) is 1.86. The fourth-order valence-corrected chi connectivity index (χ4v) is 1.78. The van der Waals surface area contributed by atoms with Crippen LogP contribution in [-0.2, 0) is 0 Å². The first kappa shape index (κ1) is 9.86. The number of rotatable bonds is 4. The van der Waals surface area contributed by atoms with Gasteiger partial charge in [0.2, 0.25) is 0 Å². The average Bonchev–Trinajstić information content (AvgIpc) is 2.37. The SMILES string of the molecule is CNCC1CCCN1CC(F)F. The van der Waals surface area contributed by atoms with Gasteiger partial charge in [-0.1, -0.05) is 0 Å². The lowest BCUT2D eigenvalue weighted by Crippen LogP contribution is -2.39. The number of hydrogen-bond donors (Lipinski definition) is 1. The van der Waals surface area contributed by atoms with E-state index in [1.165, 1.54) is 0 Å². The maximum atomic E-state index is 12.0. The van der Waals surface area contributed by atoms with Crippen LogP contribution in [0.25, 0.3) is 0 Å². The molecule has 12 heavy (non-hydrogen) atoms. The summed E-state index contributed by atoms with van der Waals surface area (Å²) in [5.41, 5.74) is 0. The zero-order valence-corrected chi connectivity index (χ0v) is 7.39. The zero-order valence-electron chi connectivity index (χ0n) is 7.39. The van der Waals surface area contributed by atoms with E-state index in [-0.39, 0.29) is 6.54 Å². The molecule has 1 aliphatic rings. The quantitative estimate of drug-likeness (QED) is 0.689. The molecule has 0 bridgehead atoms. The minimum Gasteiger partial charge on any atom is -0.318 e. The van der Waals surface area contributed by atoms with E-state index in [0.717, 1.165) is 25.9 Å². The largest absolute Gasteiger partial charge is 0.318 e. The van der Waals surface area contributed by atoms with Gasteiger partial charge in [0.25, 0.3) is 6.43 Å². The van der Waals surface area contributed by atoms with Crippen molar-refractivity contribution < 1.29 is 8.78 Å². The van der Waals surface area contributed by atoms with Gasteiger partial charge in [-0.2, -0.15) is 0 Å². The van der Waals surface area contributed by atoms with Crippen molar-refractivity contribution in [2.45, 2.75) is 25.3 Å². The number of halogens is 2. The Morgan fingerprint density at radius 1 is 1.58 bits per heavy atom. The highest BCUT2D eigenvalue weighted by atomic mass is 19.3. The summed E-state index contributed by atoms with van der Waals surface area (Å²) in [6.07, 6.45) is -0.0884. The zero-order chi connectivity index (χ0) is 8.97. The Morgan fingerprint density at radius 2 is 2.33 bits per heavy atom. The molecule has 1 heterocycles. The van der Waals surface area contributed by atoms with Crippen molar-refractivity contribution in [3.63, 3.8) is 0 Å². The first-order chi connectivity index (χ1) is 5.74. The number of likely N-dealkylation sites (N-methyl/N-ethyl adjacent to an activating group) is 1. The molecule has 1 N–H and O–H groups in total. The van der Waals surface area contributed by atoms with Gasteiger partial charge in [0.05, 0.1) is 6.54 Å². The molecule has 1 fully saturated rings. The number of alkyl halides is 2. The first-order valence-corrected chi connectivity index (χ1v) is 4.41. The lowest BCUT2D eigenvalue weighted by Gasteiger charge is -2.23. The fraction of sp³-hybridized carbons (Fsp3) is 1.00. The molecule has 0 aliphatic carbocycles. The van der Waals surface area contributed by atoms with E-state index < -0.39 is 6.43 Å². The van der Waals surface area contributed by atoms with Crippen LogP contribution in [0.1, 0.15) is 12.8 Å². The number of hydrogen-bond acceptors (Lipinski definition) is 2. The molecule has 1 unspecified atom stereocenters. The van der Waals surface area contributed by atoms with Crippen molar-refractivity contribution in [3.05, 3.63) is 0 Å². The number of nitrogens with one attached hydrogen (secondary N) is 1. The van der Waals surface area contributed by atoms with Gasteiger partial charge in [0.15, 0.2) is 0 Å². The van der Waals surface area contributed by atoms with E-state index in [0.29, 0.717) is 6.04 Å². The van der Waals surface area contributed by atoms with E-state index in [1.54, 1.807) is 0 Å². The van der Waals surface area contributed by atoms with E-state index in [4.69, 9.17) is 0 Å². The topological polar surface area (TPSA) is 15.3 Å². The second-order valence-corrected chi connectivity index (χ2v) is 3.24. The minimum absolute atomic E-state index is 0.0631. The van der Waals surface area contributed by atoms with Crippen LogP contribution in [0.2, 0.25) is 0 Å². The highest BCUT2D eigenvalue weighted by molar-refractivity contribution is 4.80. The first-order valence-electron chi connectivity index (χ1n) is 4.41. The van der Waals surface area contributed by atoms with Crippen LogP contribution in [0.5, 0.6) is 0 Å². The molecule has 72 valence electrons. The maximum absolute atomic E-state index is 12.0. The van der Waals surface area contributed by atoms with Crippen LogP contribution in [0, 0.1) is 0 Å². The average molecular weight is 178 g/mol. The molecule has 1 rings (SSSR count). The second-order valence-electron chi connectivity index (χ2n) is 3.24. The summed E-state index contributed by atoms with van der Waals surface area (Å²) in [6, 6.07) is 0.323. The molecule has 0 aromatic rings. The third-order valence-corrected chi connectivity index (χ3v) is 2.31. The molecule has 0 saturated carbocycles. The van der Waals surface area contributed by atoms with Crippen molar-refractivity contribution in [1.82, 2.24) is 10.2 Å². The summed E-state index contributed by atoms with van der Waals surface area (Å²) < 4.78 is 24.1. The van der Waals surface area contributed by atoms with Crippen molar-refractivity contribution in [2.75, 3.05) is 26.7 Å². The Hall–Kier alpha value is -0.220. The Morgan fingerprint density at radius 3 is 2.92 bits per heavy atom. The Labute approximate surface area is 71.9 Å². The smallest absolute Gasteiger partial charge is 0.251 e. The molecule has 0 aromatic heterocycles. The molecule has 0 aromatic carbocycles. The summed E-state index contributed by atoms with van der Waals surface area (Å²) >= 11 is 0. The predicted octanol–water partition coefficient (Wildman–Crippen LogP) is 0.935. The second kappa shape index (κ2) is 4.72. The van der Waals surface area contributed by atoms with Gasteiger partial charge < -0.3 is 5.32 Å². The Balaban J connectivity index is 2.30. The predicted molar refractivity (Wildman–Crippen MR) is 44.5 cm³/mol. The van der Waals surface area contributed by atoms with Gasteiger partial charge in [0.1, 0.15) is 0 Å². The normalized spacial score (nSPS) is 25.5. The van der Waals surface area contributed by atoms with Gasteiger partial charge in [-0.25, -0.2) is 8.78 Å². The van der Waals surface area contributed by atoms with Crippen molar-refractivity contribution in [3.8, 4) is 0 Å². The van der Waals surface area contributed by atoms with Crippen molar-refractivity contribution >= 4 is 0 Å². The fourth-order valence-electron chi connectivity index (χ4n) is 1.78. The van der Waals surface area contributed by atoms with Gasteiger partial charge in [0, 0.05) is 12.6 Å². The Bertz CT molecular complexity index is 130. The lowest BCUT2D eigenvalue weighted by atomic mass is 10.2. The van der Waals surface area contributed by atoms with Crippen LogP contribution in [0.4, 0.5) is 8.78 Å². The molecule has 2 nitrogen and oxygen atoms in total. The molecule has 0 spiro atoms. The van der Waals surface area contributed by atoms with E-state index in [9.17, 15) is 8.78 Å². The standard InChI is InChI=1S/C8H16F2N2/c1-11-5-7-3-2-4-12(7)6-8(9)10/h7-8,11H,2-6H2,1H3. The summed E-state index contributed by atoms with van der Waals surface area (Å²) in [4.78, 5) is 1.88. The third kappa shape index (κ3) is 2.68. The van der Waals surface area contributed by atoms with Crippen LogP contribution >= 0.6 is 0 Å². The van der Waals surface area contributed by atoms with Crippen LogP contribution in [-0.4, -0.2) is 44.0 Å². The minimum atomic E-state index is -2.19. The molecule has 0 amide bonds. The molecule has 1 saturated heterocycles.